The van der Waals surface area contributed by atoms with Crippen molar-refractivity contribution in [2.75, 3.05) is 18.4 Å². The highest BCUT2D eigenvalue weighted by atomic mass is 79.9. The normalized spacial score (nSPS) is 11.6. The van der Waals surface area contributed by atoms with Gasteiger partial charge in [-0.25, -0.2) is 23.1 Å². The van der Waals surface area contributed by atoms with E-state index in [4.69, 9.17) is 0 Å². The maximum Gasteiger partial charge on any atom is 0.240 e. The first-order chi connectivity index (χ1) is 14.5. The molecule has 2 N–H and O–H groups in total. The molecular weight excluding hydrogens is 468 g/mol. The summed E-state index contributed by atoms with van der Waals surface area (Å²) in [4.78, 5) is 13.4. The van der Waals surface area contributed by atoms with Crippen molar-refractivity contribution in [1.82, 2.24) is 24.2 Å². The fourth-order valence-electron chi connectivity index (χ4n) is 2.93. The van der Waals surface area contributed by atoms with Crippen LogP contribution in [0.2, 0.25) is 0 Å². The molecule has 0 aliphatic rings. The van der Waals surface area contributed by atoms with E-state index in [0.29, 0.717) is 31.3 Å². The average Bonchev–Trinajstić information content (AvgIpc) is 3.18. The van der Waals surface area contributed by atoms with Crippen molar-refractivity contribution in [3.63, 3.8) is 0 Å². The zero-order valence-corrected chi connectivity index (χ0v) is 18.3. The molecule has 0 saturated carbocycles. The Morgan fingerprint density at radius 2 is 1.90 bits per heavy atom. The summed E-state index contributed by atoms with van der Waals surface area (Å²) in [6, 6.07) is 14.3. The average molecular weight is 487 g/mol. The highest BCUT2D eigenvalue weighted by Crippen LogP contribution is 2.17. The monoisotopic (exact) mass is 486 g/mol. The van der Waals surface area contributed by atoms with Gasteiger partial charge in [0.25, 0.3) is 0 Å². The number of benzene rings is 1. The molecule has 0 aliphatic carbocycles. The lowest BCUT2D eigenvalue weighted by Crippen LogP contribution is -2.26. The fraction of sp³-hybridized carbons (Fsp3) is 0.150. The second-order valence-corrected chi connectivity index (χ2v) is 9.16. The van der Waals surface area contributed by atoms with Crippen molar-refractivity contribution < 1.29 is 8.42 Å². The zero-order valence-electron chi connectivity index (χ0n) is 15.9. The Morgan fingerprint density at radius 1 is 1.00 bits per heavy atom. The van der Waals surface area contributed by atoms with Gasteiger partial charge in [0.2, 0.25) is 16.0 Å². The van der Waals surface area contributed by atoms with Crippen molar-refractivity contribution in [3.8, 4) is 5.82 Å². The van der Waals surface area contributed by atoms with Gasteiger partial charge in [0.1, 0.15) is 11.5 Å². The fourth-order valence-corrected chi connectivity index (χ4v) is 4.60. The molecule has 3 heterocycles. The summed E-state index contributed by atoms with van der Waals surface area (Å²) in [6.07, 6.45) is 5.92. The molecule has 0 radical (unpaired) electrons. The summed E-state index contributed by atoms with van der Waals surface area (Å²) in [5.41, 5.74) is 0.823. The van der Waals surface area contributed by atoms with Gasteiger partial charge in [0, 0.05) is 41.5 Å². The molecule has 0 bridgehead atoms. The maximum atomic E-state index is 12.3. The molecular formula is C20H19BrN6O2S. The molecule has 3 aromatic heterocycles. The van der Waals surface area contributed by atoms with E-state index in [9.17, 15) is 8.42 Å². The van der Waals surface area contributed by atoms with Crippen LogP contribution in [0.4, 0.5) is 5.95 Å². The Bertz CT molecular complexity index is 1280. The van der Waals surface area contributed by atoms with Crippen LogP contribution in [0.1, 0.15) is 6.42 Å². The predicted octanol–water partition coefficient (Wildman–Crippen LogP) is 3.36. The number of sulfonamides is 1. The Morgan fingerprint density at radius 3 is 2.77 bits per heavy atom. The van der Waals surface area contributed by atoms with Crippen LogP contribution in [-0.2, 0) is 10.0 Å². The molecule has 0 amide bonds. The van der Waals surface area contributed by atoms with Crippen LogP contribution in [0.3, 0.4) is 0 Å². The molecule has 0 fully saturated rings. The van der Waals surface area contributed by atoms with Gasteiger partial charge in [0.15, 0.2) is 0 Å². The number of pyridine rings is 1. The van der Waals surface area contributed by atoms with E-state index >= 15 is 0 Å². The number of fused-ring (bicyclic) bond motifs is 1. The van der Waals surface area contributed by atoms with Crippen LogP contribution in [0.25, 0.3) is 16.9 Å². The van der Waals surface area contributed by atoms with E-state index in [1.165, 1.54) is 0 Å². The molecule has 8 nitrogen and oxygen atoms in total. The third kappa shape index (κ3) is 4.66. The van der Waals surface area contributed by atoms with Crippen LogP contribution in [0.15, 0.2) is 76.5 Å². The predicted molar refractivity (Wildman–Crippen MR) is 119 cm³/mol. The van der Waals surface area contributed by atoms with Crippen molar-refractivity contribution in [1.29, 1.82) is 0 Å². The first-order valence-electron chi connectivity index (χ1n) is 9.27. The number of nitrogens with zero attached hydrogens (tertiary/aromatic N) is 4. The third-order valence-electron chi connectivity index (χ3n) is 4.37. The minimum absolute atomic E-state index is 0.230. The van der Waals surface area contributed by atoms with E-state index in [2.05, 4.69) is 40.9 Å². The molecule has 4 rings (SSSR count). The van der Waals surface area contributed by atoms with Gasteiger partial charge in [0.05, 0.1) is 4.90 Å². The van der Waals surface area contributed by atoms with Gasteiger partial charge in [-0.15, -0.1) is 0 Å². The van der Waals surface area contributed by atoms with E-state index in [-0.39, 0.29) is 4.90 Å². The number of aromatic nitrogens is 4. The number of halogens is 1. The number of rotatable bonds is 8. The van der Waals surface area contributed by atoms with Gasteiger partial charge in [-0.3, -0.25) is 4.57 Å². The number of nitrogens with one attached hydrogen (secondary N) is 2. The topological polar surface area (TPSA) is 102 Å². The SMILES string of the molecule is O=S(=O)(NCCCNc1nccc(-n2ccc3cccnc32)n1)c1cccc(Br)c1. The summed E-state index contributed by atoms with van der Waals surface area (Å²) in [6.45, 7) is 0.822. The number of anilines is 1. The van der Waals surface area contributed by atoms with Crippen molar-refractivity contribution >= 4 is 42.9 Å². The van der Waals surface area contributed by atoms with Crippen molar-refractivity contribution in [2.45, 2.75) is 11.3 Å². The van der Waals surface area contributed by atoms with E-state index in [1.807, 2.05) is 35.0 Å². The largest absolute Gasteiger partial charge is 0.354 e. The maximum absolute atomic E-state index is 12.3. The summed E-state index contributed by atoms with van der Waals surface area (Å²) in [7, 11) is -3.53. The van der Waals surface area contributed by atoms with Crippen molar-refractivity contribution in [2.24, 2.45) is 0 Å². The van der Waals surface area contributed by atoms with Crippen LogP contribution >= 0.6 is 15.9 Å². The second kappa shape index (κ2) is 8.90. The summed E-state index contributed by atoms with van der Waals surface area (Å²) in [5.74, 6) is 1.18. The Balaban J connectivity index is 1.33. The molecule has 10 heteroatoms. The van der Waals surface area contributed by atoms with Gasteiger partial charge in [-0.05, 0) is 48.9 Å². The lowest BCUT2D eigenvalue weighted by Gasteiger charge is -2.09. The highest BCUT2D eigenvalue weighted by molar-refractivity contribution is 9.10. The van der Waals surface area contributed by atoms with Gasteiger partial charge in [-0.1, -0.05) is 22.0 Å². The molecule has 0 atom stereocenters. The Kier molecular flexibility index (Phi) is 6.07. The molecule has 0 spiro atoms. The summed E-state index contributed by atoms with van der Waals surface area (Å²) in [5, 5.41) is 4.16. The summed E-state index contributed by atoms with van der Waals surface area (Å²) >= 11 is 3.29. The molecule has 30 heavy (non-hydrogen) atoms. The van der Waals surface area contributed by atoms with Gasteiger partial charge >= 0.3 is 0 Å². The minimum Gasteiger partial charge on any atom is -0.354 e. The van der Waals surface area contributed by atoms with E-state index in [1.54, 1.807) is 36.7 Å². The van der Waals surface area contributed by atoms with Crippen LogP contribution in [0.5, 0.6) is 0 Å². The molecule has 0 aliphatic heterocycles. The van der Waals surface area contributed by atoms with Crippen LogP contribution in [-0.4, -0.2) is 41.0 Å². The van der Waals surface area contributed by atoms with Crippen LogP contribution in [0, 0.1) is 0 Å². The van der Waals surface area contributed by atoms with Crippen molar-refractivity contribution in [3.05, 3.63) is 71.6 Å². The quantitative estimate of drug-likeness (QED) is 0.370. The second-order valence-electron chi connectivity index (χ2n) is 6.48. The Hall–Kier alpha value is -2.82. The third-order valence-corrected chi connectivity index (χ3v) is 6.32. The molecule has 154 valence electrons. The van der Waals surface area contributed by atoms with E-state index < -0.39 is 10.0 Å². The molecule has 0 saturated heterocycles. The van der Waals surface area contributed by atoms with Crippen LogP contribution < -0.4 is 10.0 Å². The highest BCUT2D eigenvalue weighted by Gasteiger charge is 2.13. The molecule has 0 unspecified atom stereocenters. The first kappa shape index (κ1) is 20.5. The molecule has 4 aromatic rings. The summed E-state index contributed by atoms with van der Waals surface area (Å²) < 4.78 is 29.8. The van der Waals surface area contributed by atoms with Gasteiger partial charge in [-0.2, -0.15) is 4.98 Å². The van der Waals surface area contributed by atoms with Gasteiger partial charge < -0.3 is 5.32 Å². The Labute approximate surface area is 182 Å². The van der Waals surface area contributed by atoms with E-state index in [0.717, 1.165) is 15.5 Å². The zero-order chi connectivity index (χ0) is 21.0. The number of hydrogen-bond donors (Lipinski definition) is 2. The lowest BCUT2D eigenvalue weighted by molar-refractivity contribution is 0.580. The lowest BCUT2D eigenvalue weighted by atomic mass is 10.3. The molecule has 1 aromatic carbocycles. The first-order valence-corrected chi connectivity index (χ1v) is 11.6. The number of hydrogen-bond acceptors (Lipinski definition) is 6. The minimum atomic E-state index is -3.53. The smallest absolute Gasteiger partial charge is 0.240 e. The standard InChI is InChI=1S/C20H19BrN6O2S/c21-16-5-1-6-17(14-16)30(28,29)25-11-3-10-23-20-24-12-7-18(26-20)27-13-8-15-4-2-9-22-19(15)27/h1-2,4-9,12-14,25H,3,10-11H2,(H,23,24,26).